The molecule has 1 fully saturated rings. The van der Waals surface area contributed by atoms with Gasteiger partial charge >= 0.3 is 0 Å². The van der Waals surface area contributed by atoms with Crippen molar-refractivity contribution in [2.45, 2.75) is 18.9 Å². The third kappa shape index (κ3) is 4.41. The van der Waals surface area contributed by atoms with E-state index in [0.29, 0.717) is 19.1 Å². The van der Waals surface area contributed by atoms with Crippen molar-refractivity contribution in [3.05, 3.63) is 30.1 Å². The molecule has 0 atom stereocenters. The molecule has 1 heterocycles. The molecular formula is C15H23FN2O3S. The third-order valence-corrected chi connectivity index (χ3v) is 5.82. The topological polar surface area (TPSA) is 49.9 Å². The molecule has 1 aliphatic rings. The summed E-state index contributed by atoms with van der Waals surface area (Å²) < 4.78 is 44.7. The summed E-state index contributed by atoms with van der Waals surface area (Å²) in [4.78, 5) is 2.13. The Balaban J connectivity index is 1.83. The minimum absolute atomic E-state index is 0.0448. The van der Waals surface area contributed by atoms with E-state index in [9.17, 15) is 12.8 Å². The van der Waals surface area contributed by atoms with Crippen molar-refractivity contribution in [1.29, 1.82) is 0 Å². The fourth-order valence-electron chi connectivity index (χ4n) is 2.58. The summed E-state index contributed by atoms with van der Waals surface area (Å²) in [7, 11) is 0.674. The standard InChI is InChI=1S/C15H23FN2O3S/c1-17(2)13-7-9-18(10-8-13)22(19,20)12-11-21-15-6-4-3-5-14(15)16/h3-6,13H,7-12H2,1-2H3. The highest BCUT2D eigenvalue weighted by molar-refractivity contribution is 7.89. The highest BCUT2D eigenvalue weighted by Crippen LogP contribution is 2.18. The summed E-state index contributed by atoms with van der Waals surface area (Å²) in [5.41, 5.74) is 0. The van der Waals surface area contributed by atoms with Gasteiger partial charge in [0, 0.05) is 19.1 Å². The molecule has 0 bridgehead atoms. The van der Waals surface area contributed by atoms with E-state index >= 15 is 0 Å². The van der Waals surface area contributed by atoms with Gasteiger partial charge in [0.2, 0.25) is 10.0 Å². The van der Waals surface area contributed by atoms with E-state index in [1.165, 1.54) is 16.4 Å². The van der Waals surface area contributed by atoms with Crippen molar-refractivity contribution < 1.29 is 17.5 Å². The second-order valence-electron chi connectivity index (χ2n) is 5.69. The molecule has 0 unspecified atom stereocenters. The van der Waals surface area contributed by atoms with Gasteiger partial charge in [0.15, 0.2) is 11.6 Å². The first-order chi connectivity index (χ1) is 10.4. The Morgan fingerprint density at radius 2 is 1.91 bits per heavy atom. The van der Waals surface area contributed by atoms with Crippen LogP contribution in [0.1, 0.15) is 12.8 Å². The highest BCUT2D eigenvalue weighted by Gasteiger charge is 2.28. The maximum absolute atomic E-state index is 13.4. The number of hydrogen-bond acceptors (Lipinski definition) is 4. The van der Waals surface area contributed by atoms with E-state index in [1.807, 2.05) is 14.1 Å². The largest absolute Gasteiger partial charge is 0.489 e. The average molecular weight is 330 g/mol. The number of nitrogens with zero attached hydrogens (tertiary/aromatic N) is 2. The summed E-state index contributed by atoms with van der Waals surface area (Å²) in [6, 6.07) is 6.42. The van der Waals surface area contributed by atoms with E-state index in [-0.39, 0.29) is 18.1 Å². The van der Waals surface area contributed by atoms with Gasteiger partial charge in [0.25, 0.3) is 0 Å². The van der Waals surface area contributed by atoms with E-state index in [4.69, 9.17) is 4.74 Å². The second-order valence-corrected chi connectivity index (χ2v) is 7.78. The van der Waals surface area contributed by atoms with E-state index in [0.717, 1.165) is 12.8 Å². The first-order valence-electron chi connectivity index (χ1n) is 7.42. The number of para-hydroxylation sites is 1. The summed E-state index contributed by atoms with van der Waals surface area (Å²) in [5, 5.41) is 0. The molecular weight excluding hydrogens is 307 g/mol. The predicted octanol–water partition coefficient (Wildman–Crippen LogP) is 1.56. The summed E-state index contributed by atoms with van der Waals surface area (Å²) in [5.74, 6) is -0.524. The number of hydrogen-bond donors (Lipinski definition) is 0. The fraction of sp³-hybridized carbons (Fsp3) is 0.600. The monoisotopic (exact) mass is 330 g/mol. The Morgan fingerprint density at radius 1 is 1.27 bits per heavy atom. The lowest BCUT2D eigenvalue weighted by molar-refractivity contribution is 0.196. The van der Waals surface area contributed by atoms with Crippen molar-refractivity contribution in [2.75, 3.05) is 39.5 Å². The molecule has 7 heteroatoms. The lowest BCUT2D eigenvalue weighted by Crippen LogP contribution is -2.45. The number of piperidine rings is 1. The van der Waals surface area contributed by atoms with Gasteiger partial charge in [-0.15, -0.1) is 0 Å². The Labute approximate surface area is 131 Å². The zero-order chi connectivity index (χ0) is 16.2. The molecule has 0 aromatic heterocycles. The van der Waals surface area contributed by atoms with Crippen LogP contribution >= 0.6 is 0 Å². The van der Waals surface area contributed by atoms with Crippen LogP contribution in [-0.4, -0.2) is 63.2 Å². The van der Waals surface area contributed by atoms with Crippen LogP contribution in [0.25, 0.3) is 0 Å². The average Bonchev–Trinajstić information content (AvgIpc) is 2.49. The lowest BCUT2D eigenvalue weighted by Gasteiger charge is -2.34. The number of ether oxygens (including phenoxy) is 1. The van der Waals surface area contributed by atoms with Crippen LogP contribution in [0.3, 0.4) is 0 Å². The summed E-state index contributed by atoms with van der Waals surface area (Å²) in [6.45, 7) is 1.02. The summed E-state index contributed by atoms with van der Waals surface area (Å²) in [6.07, 6.45) is 1.67. The van der Waals surface area contributed by atoms with Crippen LogP contribution in [0.2, 0.25) is 0 Å². The van der Waals surface area contributed by atoms with E-state index < -0.39 is 15.8 Å². The molecule has 0 radical (unpaired) electrons. The van der Waals surface area contributed by atoms with Crippen LogP contribution < -0.4 is 4.74 Å². The number of benzene rings is 1. The highest BCUT2D eigenvalue weighted by atomic mass is 32.2. The molecule has 0 aliphatic carbocycles. The van der Waals surface area contributed by atoms with Gasteiger partial charge < -0.3 is 9.64 Å². The van der Waals surface area contributed by atoms with Crippen molar-refractivity contribution in [2.24, 2.45) is 0 Å². The molecule has 0 spiro atoms. The molecule has 1 aromatic carbocycles. The molecule has 22 heavy (non-hydrogen) atoms. The number of halogens is 1. The van der Waals surface area contributed by atoms with E-state index in [2.05, 4.69) is 4.90 Å². The van der Waals surface area contributed by atoms with Gasteiger partial charge in [-0.2, -0.15) is 0 Å². The van der Waals surface area contributed by atoms with Crippen molar-refractivity contribution >= 4 is 10.0 Å². The lowest BCUT2D eigenvalue weighted by atomic mass is 10.1. The van der Waals surface area contributed by atoms with E-state index in [1.54, 1.807) is 12.1 Å². The number of sulfonamides is 1. The SMILES string of the molecule is CN(C)C1CCN(S(=O)(=O)CCOc2ccccc2F)CC1. The molecule has 2 rings (SSSR count). The van der Waals surface area contributed by atoms with Crippen molar-refractivity contribution in [3.63, 3.8) is 0 Å². The first-order valence-corrected chi connectivity index (χ1v) is 9.02. The maximum atomic E-state index is 13.4. The van der Waals surface area contributed by atoms with Crippen LogP contribution in [0.4, 0.5) is 4.39 Å². The summed E-state index contributed by atoms with van der Waals surface area (Å²) >= 11 is 0. The molecule has 1 saturated heterocycles. The Hall–Kier alpha value is -1.18. The Morgan fingerprint density at radius 3 is 2.50 bits per heavy atom. The normalized spacial score (nSPS) is 17.8. The quantitative estimate of drug-likeness (QED) is 0.794. The van der Waals surface area contributed by atoms with Crippen molar-refractivity contribution in [1.82, 2.24) is 9.21 Å². The van der Waals surface area contributed by atoms with Crippen molar-refractivity contribution in [3.8, 4) is 5.75 Å². The zero-order valence-electron chi connectivity index (χ0n) is 13.0. The Bertz CT molecular complexity index is 584. The van der Waals surface area contributed by atoms with Gasteiger partial charge in [-0.3, -0.25) is 0 Å². The van der Waals surface area contributed by atoms with Gasteiger partial charge in [-0.25, -0.2) is 17.1 Å². The van der Waals surface area contributed by atoms with Gasteiger partial charge in [-0.1, -0.05) is 12.1 Å². The molecule has 0 amide bonds. The minimum Gasteiger partial charge on any atom is -0.489 e. The van der Waals surface area contributed by atoms with Gasteiger partial charge in [0.05, 0.1) is 5.75 Å². The minimum atomic E-state index is -3.35. The van der Waals surface area contributed by atoms with Crippen LogP contribution in [0, 0.1) is 5.82 Å². The third-order valence-electron chi connectivity index (χ3n) is 3.98. The smallest absolute Gasteiger partial charge is 0.217 e. The van der Waals surface area contributed by atoms with Crippen LogP contribution in [0.5, 0.6) is 5.75 Å². The fourth-order valence-corrected chi connectivity index (χ4v) is 3.90. The second kappa shape index (κ2) is 7.39. The van der Waals surface area contributed by atoms with Gasteiger partial charge in [-0.05, 0) is 39.1 Å². The predicted molar refractivity (Wildman–Crippen MR) is 84.0 cm³/mol. The molecule has 124 valence electrons. The first kappa shape index (κ1) is 17.2. The molecule has 0 saturated carbocycles. The maximum Gasteiger partial charge on any atom is 0.217 e. The van der Waals surface area contributed by atoms with Gasteiger partial charge in [0.1, 0.15) is 6.61 Å². The number of rotatable bonds is 6. The zero-order valence-corrected chi connectivity index (χ0v) is 13.9. The molecule has 5 nitrogen and oxygen atoms in total. The van der Waals surface area contributed by atoms with Crippen LogP contribution in [0.15, 0.2) is 24.3 Å². The van der Waals surface area contributed by atoms with Crippen LogP contribution in [-0.2, 0) is 10.0 Å². The molecule has 1 aromatic rings. The molecule has 1 aliphatic heterocycles. The molecule has 0 N–H and O–H groups in total. The Kier molecular flexibility index (Phi) is 5.77.